The Morgan fingerprint density at radius 3 is 2.30 bits per heavy atom. The van der Waals surface area contributed by atoms with Crippen LogP contribution in [0.3, 0.4) is 0 Å². The van der Waals surface area contributed by atoms with Gasteiger partial charge in [-0.15, -0.1) is 11.8 Å². The van der Waals surface area contributed by atoms with Crippen LogP contribution in [-0.4, -0.2) is 63.1 Å². The number of aromatic nitrogens is 1. The second-order valence-corrected chi connectivity index (χ2v) is 12.6. The van der Waals surface area contributed by atoms with Crippen molar-refractivity contribution >= 4 is 35.6 Å². The number of amides is 2. The molecule has 0 spiro atoms. The number of carbonyl (C=O) groups excluding carboxylic acids is 2. The number of ether oxygens (including phenoxy) is 1. The second-order valence-electron chi connectivity index (χ2n) is 11.3. The van der Waals surface area contributed by atoms with Gasteiger partial charge in [0.15, 0.2) is 0 Å². The van der Waals surface area contributed by atoms with Crippen molar-refractivity contribution in [1.82, 2.24) is 15.2 Å². The average Bonchev–Trinajstić information content (AvgIpc) is 3.09. The van der Waals surface area contributed by atoms with Crippen molar-refractivity contribution in [2.24, 2.45) is 0 Å². The van der Waals surface area contributed by atoms with Gasteiger partial charge < -0.3 is 20.1 Å². The summed E-state index contributed by atoms with van der Waals surface area (Å²) in [5, 5.41) is 13.0. The van der Waals surface area contributed by atoms with Gasteiger partial charge in [-0.2, -0.15) is 0 Å². The van der Waals surface area contributed by atoms with E-state index in [1.54, 1.807) is 30.5 Å². The zero-order valence-corrected chi connectivity index (χ0v) is 26.7. The van der Waals surface area contributed by atoms with E-state index in [0.29, 0.717) is 12.0 Å². The van der Waals surface area contributed by atoms with Crippen LogP contribution in [0.15, 0.2) is 110 Å². The van der Waals surface area contributed by atoms with Crippen molar-refractivity contribution in [2.75, 3.05) is 13.7 Å². The van der Waals surface area contributed by atoms with E-state index < -0.39 is 22.7 Å². The molecule has 1 aromatic heterocycles. The quantitative estimate of drug-likeness (QED) is 0.240. The molecule has 0 aliphatic carbocycles. The lowest BCUT2D eigenvalue weighted by atomic mass is 9.72. The van der Waals surface area contributed by atoms with E-state index in [2.05, 4.69) is 16.9 Å². The molecule has 3 unspecified atom stereocenters. The smallest absolute Gasteiger partial charge is 0.317 e. The summed E-state index contributed by atoms with van der Waals surface area (Å²) in [6, 6.07) is 27.6. The lowest BCUT2D eigenvalue weighted by molar-refractivity contribution is -0.155. The molecule has 2 aliphatic rings. The minimum absolute atomic E-state index is 0.0268. The van der Waals surface area contributed by atoms with Crippen LogP contribution in [0.25, 0.3) is 6.08 Å². The van der Waals surface area contributed by atoms with Crippen molar-refractivity contribution in [3.8, 4) is 5.75 Å². The fourth-order valence-corrected chi connectivity index (χ4v) is 7.87. The van der Waals surface area contributed by atoms with Gasteiger partial charge in [0.2, 0.25) is 11.8 Å². The first-order valence-corrected chi connectivity index (χ1v) is 15.9. The highest BCUT2D eigenvalue weighted by atomic mass is 32.2. The number of methoxy groups -OCH3 is 1. The molecule has 2 fully saturated rings. The van der Waals surface area contributed by atoms with E-state index in [4.69, 9.17) is 4.74 Å². The summed E-state index contributed by atoms with van der Waals surface area (Å²) >= 11 is 1.45. The van der Waals surface area contributed by atoms with Crippen LogP contribution in [0.1, 0.15) is 27.8 Å². The Bertz CT molecular complexity index is 1660. The van der Waals surface area contributed by atoms with Gasteiger partial charge in [-0.05, 0) is 65.4 Å². The molecule has 4 aromatic rings. The molecule has 236 valence electrons. The molecule has 3 aromatic carbocycles. The minimum atomic E-state index is -1.35. The SMILES string of the molecule is C=Cc1ccc(C2(C(=O)O)CN3C(=O)C(NC(=O)Cc4ccccc4)[C@H]3SC2Cc2ccc(OC)cc2)c(C)c1.c1ccncc1. The predicted molar refractivity (Wildman–Crippen MR) is 180 cm³/mol. The summed E-state index contributed by atoms with van der Waals surface area (Å²) in [5.74, 6) is -0.747. The maximum absolute atomic E-state index is 13.3. The molecule has 46 heavy (non-hydrogen) atoms. The van der Waals surface area contributed by atoms with Crippen LogP contribution in [0.2, 0.25) is 0 Å². The number of hydrogen-bond donors (Lipinski definition) is 2. The van der Waals surface area contributed by atoms with Crippen molar-refractivity contribution in [3.63, 3.8) is 0 Å². The molecule has 0 radical (unpaired) electrons. The van der Waals surface area contributed by atoms with Crippen LogP contribution in [0.5, 0.6) is 5.75 Å². The van der Waals surface area contributed by atoms with Gasteiger partial charge in [0, 0.05) is 24.2 Å². The molecular weight excluding hydrogens is 598 g/mol. The Labute approximate surface area is 273 Å². The topological polar surface area (TPSA) is 109 Å². The highest BCUT2D eigenvalue weighted by molar-refractivity contribution is 8.00. The first-order valence-electron chi connectivity index (χ1n) is 15.0. The van der Waals surface area contributed by atoms with Crippen LogP contribution in [0, 0.1) is 6.92 Å². The summed E-state index contributed by atoms with van der Waals surface area (Å²) in [6.45, 7) is 5.76. The molecule has 2 aliphatic heterocycles. The molecule has 2 amide bonds. The molecule has 9 heteroatoms. The van der Waals surface area contributed by atoms with Crippen LogP contribution >= 0.6 is 11.8 Å². The summed E-state index contributed by atoms with van der Waals surface area (Å²) in [4.78, 5) is 44.8. The summed E-state index contributed by atoms with van der Waals surface area (Å²) in [5.41, 5.74) is 2.89. The number of benzene rings is 3. The van der Waals surface area contributed by atoms with E-state index in [1.807, 2.05) is 97.9 Å². The third kappa shape index (κ3) is 6.84. The summed E-state index contributed by atoms with van der Waals surface area (Å²) in [7, 11) is 1.60. The minimum Gasteiger partial charge on any atom is -0.497 e. The number of aliphatic carboxylic acids is 1. The van der Waals surface area contributed by atoms with Crippen LogP contribution in [0.4, 0.5) is 0 Å². The molecule has 8 nitrogen and oxygen atoms in total. The molecule has 4 atom stereocenters. The number of rotatable bonds is 9. The van der Waals surface area contributed by atoms with Crippen molar-refractivity contribution in [2.45, 2.75) is 41.8 Å². The molecule has 3 heterocycles. The third-order valence-electron chi connectivity index (χ3n) is 8.43. The maximum atomic E-state index is 13.3. The van der Waals surface area contributed by atoms with Crippen LogP contribution < -0.4 is 10.1 Å². The highest BCUT2D eigenvalue weighted by Gasteiger charge is 2.62. The molecule has 0 bridgehead atoms. The van der Waals surface area contributed by atoms with Gasteiger partial charge >= 0.3 is 5.97 Å². The van der Waals surface area contributed by atoms with Gasteiger partial charge in [-0.25, -0.2) is 0 Å². The molecule has 2 saturated heterocycles. The molecule has 2 N–H and O–H groups in total. The zero-order valence-electron chi connectivity index (χ0n) is 25.8. The maximum Gasteiger partial charge on any atom is 0.317 e. The van der Waals surface area contributed by atoms with Crippen molar-refractivity contribution in [1.29, 1.82) is 0 Å². The molecular formula is C37H37N3O5S. The average molecular weight is 636 g/mol. The van der Waals surface area contributed by atoms with Crippen molar-refractivity contribution in [3.05, 3.63) is 138 Å². The molecule has 6 rings (SSSR count). The van der Waals surface area contributed by atoms with Gasteiger partial charge in [-0.1, -0.05) is 79.4 Å². The van der Waals surface area contributed by atoms with E-state index >= 15 is 0 Å². The number of β-lactam (4-membered cyclic amide) rings is 1. The van der Waals surface area contributed by atoms with Gasteiger partial charge in [0.25, 0.3) is 0 Å². The standard InChI is InChI=1S/C32H32N2O5S.C5H5N/c1-4-21-12-15-25(20(2)16-21)32(31(37)38)19-34-29(36)28(33-27(35)18-22-8-6-5-7-9-22)30(34)40-26(32)17-23-10-13-24(39-3)14-11-23;1-2-4-6-5-3-1/h4-16,26,28,30H,1,17-19H2,2-3H3,(H,33,35)(H,37,38);1-5H/t26?,28?,30-,32?;/m1./s1. The number of carbonyl (C=O) groups is 3. The summed E-state index contributed by atoms with van der Waals surface area (Å²) < 4.78 is 5.30. The van der Waals surface area contributed by atoms with E-state index in [1.165, 1.54) is 11.8 Å². The normalized spacial score (nSPS) is 21.5. The summed E-state index contributed by atoms with van der Waals surface area (Å²) in [6.07, 6.45) is 5.87. The Morgan fingerprint density at radius 2 is 1.74 bits per heavy atom. The lowest BCUT2D eigenvalue weighted by Gasteiger charge is -2.57. The largest absolute Gasteiger partial charge is 0.497 e. The fraction of sp³-hybridized carbons (Fsp3) is 0.243. The van der Waals surface area contributed by atoms with E-state index in [9.17, 15) is 19.5 Å². The van der Waals surface area contributed by atoms with E-state index in [0.717, 1.165) is 28.0 Å². The Hall–Kier alpha value is -4.89. The number of nitrogens with one attached hydrogen (secondary N) is 1. The third-order valence-corrected chi connectivity index (χ3v) is 10.1. The lowest BCUT2D eigenvalue weighted by Crippen LogP contribution is -2.76. The number of carboxylic acid groups (broad SMARTS) is 1. The Balaban J connectivity index is 0.000000624. The Kier molecular flexibility index (Phi) is 10.2. The van der Waals surface area contributed by atoms with Gasteiger partial charge in [0.1, 0.15) is 22.6 Å². The number of aryl methyl sites for hydroxylation is 1. The number of pyridine rings is 1. The van der Waals surface area contributed by atoms with E-state index in [-0.39, 0.29) is 30.2 Å². The number of fused-ring (bicyclic) bond motifs is 1. The first-order chi connectivity index (χ1) is 22.3. The fourth-order valence-electron chi connectivity index (χ4n) is 6.04. The molecule has 0 saturated carbocycles. The number of carboxylic acids is 1. The first kappa shape index (κ1) is 32.5. The monoisotopic (exact) mass is 635 g/mol. The second kappa shape index (κ2) is 14.5. The van der Waals surface area contributed by atoms with Gasteiger partial charge in [0.05, 0.1) is 13.5 Å². The number of thioether (sulfide) groups is 1. The number of nitrogens with zero attached hydrogens (tertiary/aromatic N) is 2. The predicted octanol–water partition coefficient (Wildman–Crippen LogP) is 5.30. The van der Waals surface area contributed by atoms with Gasteiger partial charge in [-0.3, -0.25) is 19.4 Å². The Morgan fingerprint density at radius 1 is 1.04 bits per heavy atom. The zero-order chi connectivity index (χ0) is 32.7. The van der Waals surface area contributed by atoms with Crippen molar-refractivity contribution < 1.29 is 24.2 Å². The highest BCUT2D eigenvalue weighted by Crippen LogP contribution is 2.50. The van der Waals surface area contributed by atoms with Crippen LogP contribution in [-0.2, 0) is 32.6 Å². The number of hydrogen-bond acceptors (Lipinski definition) is 6.